The van der Waals surface area contributed by atoms with Gasteiger partial charge in [-0.15, -0.1) is 0 Å². The fourth-order valence-electron chi connectivity index (χ4n) is 0.855. The minimum absolute atomic E-state index is 0.144. The number of rotatable bonds is 1. The Kier molecular flexibility index (Phi) is 2.70. The number of Topliss-reactive ketones (excluding diaryl/α,β-unsaturated/α-hetero) is 1. The quantitative estimate of drug-likeness (QED) is 0.675. The smallest absolute Gasteiger partial charge is 0.150 e. The molecule has 1 unspecified atom stereocenters. The van der Waals surface area contributed by atoms with E-state index in [4.69, 9.17) is 0 Å². The van der Waals surface area contributed by atoms with Crippen LogP contribution in [0.5, 0.6) is 0 Å². The van der Waals surface area contributed by atoms with Gasteiger partial charge in [0.2, 0.25) is 0 Å². The van der Waals surface area contributed by atoms with Gasteiger partial charge in [0.25, 0.3) is 0 Å². The van der Waals surface area contributed by atoms with Gasteiger partial charge < -0.3 is 0 Å². The van der Waals surface area contributed by atoms with Gasteiger partial charge in [0, 0.05) is 4.48 Å². The third-order valence-electron chi connectivity index (χ3n) is 1.69. The van der Waals surface area contributed by atoms with E-state index in [0.29, 0.717) is 0 Å². The fraction of sp³-hybridized carbons (Fsp3) is 0.375. The lowest BCUT2D eigenvalue weighted by Crippen LogP contribution is -2.27. The Balaban J connectivity index is 2.82. The third-order valence-corrected chi connectivity index (χ3v) is 3.42. The maximum Gasteiger partial charge on any atom is 0.150 e. The van der Waals surface area contributed by atoms with Crippen LogP contribution in [0, 0.1) is 0 Å². The molecule has 1 aliphatic rings. The SMILES string of the molecule is CC(=O)C1(Br)C=CC(Br)=CC1. The molecular formula is C8H8Br2O. The first-order valence-electron chi connectivity index (χ1n) is 3.29. The molecule has 0 spiro atoms. The number of allylic oxidation sites excluding steroid dienone is 4. The molecule has 0 amide bonds. The number of alkyl halides is 1. The molecule has 0 fully saturated rings. The predicted octanol–water partition coefficient (Wildman–Crippen LogP) is 2.95. The van der Waals surface area contributed by atoms with Crippen LogP contribution in [0.15, 0.2) is 22.7 Å². The molecule has 1 nitrogen and oxygen atoms in total. The summed E-state index contributed by atoms with van der Waals surface area (Å²) in [5, 5.41) is 0. The van der Waals surface area contributed by atoms with Crippen molar-refractivity contribution in [2.45, 2.75) is 17.7 Å². The maximum atomic E-state index is 11.1. The number of hydrogen-bond acceptors (Lipinski definition) is 1. The highest BCUT2D eigenvalue weighted by atomic mass is 79.9. The monoisotopic (exact) mass is 278 g/mol. The first-order valence-corrected chi connectivity index (χ1v) is 4.88. The zero-order valence-corrected chi connectivity index (χ0v) is 9.28. The zero-order chi connectivity index (χ0) is 8.48. The Hall–Kier alpha value is 0.110. The molecule has 0 heterocycles. The molecule has 0 saturated carbocycles. The molecule has 0 aromatic carbocycles. The topological polar surface area (TPSA) is 17.1 Å². The second-order valence-electron chi connectivity index (χ2n) is 2.55. The van der Waals surface area contributed by atoms with Crippen LogP contribution in [0.3, 0.4) is 0 Å². The molecule has 0 aromatic rings. The Morgan fingerprint density at radius 1 is 1.73 bits per heavy atom. The van der Waals surface area contributed by atoms with Gasteiger partial charge in [-0.1, -0.05) is 50.1 Å². The van der Waals surface area contributed by atoms with E-state index in [1.54, 1.807) is 6.92 Å². The Bertz CT molecular complexity index is 242. The van der Waals surface area contributed by atoms with Crippen molar-refractivity contribution in [2.75, 3.05) is 0 Å². The second kappa shape index (κ2) is 3.23. The second-order valence-corrected chi connectivity index (χ2v) is 4.88. The molecule has 0 N–H and O–H groups in total. The van der Waals surface area contributed by atoms with E-state index < -0.39 is 4.32 Å². The van der Waals surface area contributed by atoms with Crippen molar-refractivity contribution in [1.29, 1.82) is 0 Å². The van der Waals surface area contributed by atoms with Crippen LogP contribution in [0.25, 0.3) is 0 Å². The summed E-state index contributed by atoms with van der Waals surface area (Å²) in [5.74, 6) is 0.144. The highest BCUT2D eigenvalue weighted by molar-refractivity contribution is 9.12. The molecule has 0 bridgehead atoms. The molecule has 0 radical (unpaired) electrons. The molecule has 0 saturated heterocycles. The number of halogens is 2. The van der Waals surface area contributed by atoms with Gasteiger partial charge in [0.15, 0.2) is 5.78 Å². The van der Waals surface area contributed by atoms with E-state index in [1.807, 2.05) is 18.2 Å². The Labute approximate surface area is 82.8 Å². The fourth-order valence-corrected chi connectivity index (χ4v) is 1.44. The molecule has 0 aromatic heterocycles. The first-order chi connectivity index (χ1) is 5.04. The summed E-state index contributed by atoms with van der Waals surface area (Å²) < 4.78 is 0.582. The number of hydrogen-bond donors (Lipinski definition) is 0. The zero-order valence-electron chi connectivity index (χ0n) is 6.10. The molecule has 1 atom stereocenters. The predicted molar refractivity (Wildman–Crippen MR) is 53.1 cm³/mol. The van der Waals surface area contributed by atoms with Crippen molar-refractivity contribution < 1.29 is 4.79 Å². The van der Waals surface area contributed by atoms with Crippen LogP contribution >= 0.6 is 31.9 Å². The lowest BCUT2D eigenvalue weighted by Gasteiger charge is -2.21. The van der Waals surface area contributed by atoms with Crippen LogP contribution in [0.1, 0.15) is 13.3 Å². The number of carbonyl (C=O) groups is 1. The van der Waals surface area contributed by atoms with Crippen molar-refractivity contribution in [3.8, 4) is 0 Å². The summed E-state index contributed by atoms with van der Waals surface area (Å²) in [6, 6.07) is 0. The average molecular weight is 280 g/mol. The maximum absolute atomic E-state index is 11.1. The van der Waals surface area contributed by atoms with Crippen LogP contribution in [0.2, 0.25) is 0 Å². The van der Waals surface area contributed by atoms with Crippen molar-refractivity contribution in [1.82, 2.24) is 0 Å². The van der Waals surface area contributed by atoms with Crippen molar-refractivity contribution in [2.24, 2.45) is 0 Å². The van der Waals surface area contributed by atoms with Gasteiger partial charge in [0.1, 0.15) is 4.32 Å². The van der Waals surface area contributed by atoms with Crippen molar-refractivity contribution in [3.63, 3.8) is 0 Å². The van der Waals surface area contributed by atoms with E-state index in [2.05, 4.69) is 31.9 Å². The molecule has 1 rings (SSSR count). The summed E-state index contributed by atoms with van der Waals surface area (Å²) in [6.45, 7) is 1.59. The summed E-state index contributed by atoms with van der Waals surface area (Å²) >= 11 is 6.72. The van der Waals surface area contributed by atoms with Crippen LogP contribution in [-0.2, 0) is 4.79 Å². The highest BCUT2D eigenvalue weighted by Crippen LogP contribution is 2.32. The van der Waals surface area contributed by atoms with Crippen molar-refractivity contribution in [3.05, 3.63) is 22.7 Å². The Morgan fingerprint density at radius 3 is 2.73 bits per heavy atom. The van der Waals surface area contributed by atoms with Gasteiger partial charge in [0.05, 0.1) is 0 Å². The van der Waals surface area contributed by atoms with Gasteiger partial charge in [-0.3, -0.25) is 4.79 Å². The van der Waals surface area contributed by atoms with Crippen LogP contribution < -0.4 is 0 Å². The Morgan fingerprint density at radius 2 is 2.36 bits per heavy atom. The standard InChI is InChI=1S/C8H8Br2O/c1-6(11)8(10)4-2-7(9)3-5-8/h2-4H,5H2,1H3. The van der Waals surface area contributed by atoms with Crippen LogP contribution in [-0.4, -0.2) is 10.1 Å². The lowest BCUT2D eigenvalue weighted by atomic mass is 9.97. The van der Waals surface area contributed by atoms with Gasteiger partial charge in [-0.25, -0.2) is 0 Å². The van der Waals surface area contributed by atoms with Crippen LogP contribution in [0.4, 0.5) is 0 Å². The highest BCUT2D eigenvalue weighted by Gasteiger charge is 2.29. The largest absolute Gasteiger partial charge is 0.298 e. The summed E-state index contributed by atoms with van der Waals surface area (Å²) in [4.78, 5) is 11.1. The summed E-state index contributed by atoms with van der Waals surface area (Å²) in [6.07, 6.45) is 6.47. The third kappa shape index (κ3) is 2.03. The van der Waals surface area contributed by atoms with E-state index in [0.717, 1.165) is 10.9 Å². The number of carbonyl (C=O) groups excluding carboxylic acids is 1. The van der Waals surface area contributed by atoms with Gasteiger partial charge >= 0.3 is 0 Å². The minimum Gasteiger partial charge on any atom is -0.298 e. The first kappa shape index (κ1) is 9.20. The van der Waals surface area contributed by atoms with Crippen molar-refractivity contribution >= 4 is 37.6 Å². The average Bonchev–Trinajstić information content (AvgIpc) is 1.95. The molecular weight excluding hydrogens is 272 g/mol. The van der Waals surface area contributed by atoms with E-state index in [-0.39, 0.29) is 5.78 Å². The normalized spacial score (nSPS) is 29.9. The van der Waals surface area contributed by atoms with E-state index in [1.165, 1.54) is 0 Å². The number of ketones is 1. The molecule has 60 valence electrons. The summed E-state index contributed by atoms with van der Waals surface area (Å²) in [5.41, 5.74) is 0. The van der Waals surface area contributed by atoms with Gasteiger partial charge in [-0.2, -0.15) is 0 Å². The molecule has 0 aliphatic heterocycles. The molecule has 3 heteroatoms. The van der Waals surface area contributed by atoms with E-state index >= 15 is 0 Å². The minimum atomic E-state index is -0.454. The summed E-state index contributed by atoms with van der Waals surface area (Å²) in [7, 11) is 0. The van der Waals surface area contributed by atoms with Gasteiger partial charge in [-0.05, 0) is 13.3 Å². The molecule has 11 heavy (non-hydrogen) atoms. The molecule has 1 aliphatic carbocycles. The van der Waals surface area contributed by atoms with E-state index in [9.17, 15) is 4.79 Å². The lowest BCUT2D eigenvalue weighted by molar-refractivity contribution is -0.118.